The minimum atomic E-state index is -0.604. The molecule has 0 saturated heterocycles. The van der Waals surface area contributed by atoms with E-state index in [-0.39, 0.29) is 12.4 Å². The molecule has 1 aliphatic rings. The number of nitrogens with one attached hydrogen (secondary N) is 1. The lowest BCUT2D eigenvalue weighted by Gasteiger charge is -2.36. The summed E-state index contributed by atoms with van der Waals surface area (Å²) in [6.07, 6.45) is 2.84. The number of aromatic amines is 1. The topological polar surface area (TPSA) is 51.3 Å². The fourth-order valence-electron chi connectivity index (χ4n) is 3.60. The molecular weight excluding hydrogens is 358 g/mol. The second kappa shape index (κ2) is 6.65. The van der Waals surface area contributed by atoms with E-state index in [1.54, 1.807) is 0 Å². The Labute approximate surface area is 144 Å². The van der Waals surface area contributed by atoms with Crippen LogP contribution >= 0.6 is 15.9 Å². The minimum Gasteiger partial charge on any atom is -0.466 e. The fourth-order valence-corrected chi connectivity index (χ4v) is 4.21. The first-order chi connectivity index (χ1) is 11.1. The van der Waals surface area contributed by atoms with Gasteiger partial charge in [-0.1, -0.05) is 35.3 Å². The highest BCUT2D eigenvalue weighted by Crippen LogP contribution is 2.44. The van der Waals surface area contributed by atoms with Crippen LogP contribution in [0, 0.1) is 0 Å². The second-order valence-corrected chi connectivity index (χ2v) is 6.82. The Morgan fingerprint density at radius 2 is 2.26 bits per heavy atom. The van der Waals surface area contributed by atoms with Gasteiger partial charge in [-0.05, 0) is 37.5 Å². The molecule has 3 rings (SSSR count). The van der Waals surface area contributed by atoms with E-state index < -0.39 is 5.60 Å². The number of carbonyl (C=O) groups is 1. The number of aromatic nitrogens is 1. The number of halogens is 1. The van der Waals surface area contributed by atoms with Crippen molar-refractivity contribution in [2.45, 2.75) is 45.1 Å². The summed E-state index contributed by atoms with van der Waals surface area (Å²) >= 11 is 3.65. The molecule has 2 aromatic rings. The van der Waals surface area contributed by atoms with Gasteiger partial charge < -0.3 is 14.5 Å². The van der Waals surface area contributed by atoms with Crippen LogP contribution in [0.5, 0.6) is 0 Å². The van der Waals surface area contributed by atoms with Gasteiger partial charge >= 0.3 is 5.97 Å². The van der Waals surface area contributed by atoms with Crippen molar-refractivity contribution in [1.82, 2.24) is 4.98 Å². The molecule has 1 aromatic carbocycles. The fraction of sp³-hybridized carbons (Fsp3) is 0.500. The van der Waals surface area contributed by atoms with Gasteiger partial charge in [-0.15, -0.1) is 0 Å². The molecule has 1 aliphatic heterocycles. The molecule has 0 fully saturated rings. The molecule has 0 amide bonds. The molecule has 1 N–H and O–H groups in total. The van der Waals surface area contributed by atoms with Crippen LogP contribution in [0.2, 0.25) is 0 Å². The van der Waals surface area contributed by atoms with Gasteiger partial charge in [0.2, 0.25) is 0 Å². The molecule has 1 atom stereocenters. The third-order valence-corrected chi connectivity index (χ3v) is 5.11. The van der Waals surface area contributed by atoms with Gasteiger partial charge in [-0.2, -0.15) is 0 Å². The maximum Gasteiger partial charge on any atom is 0.309 e. The standard InChI is InChI=1S/C18H22BrNO3/c1-3-9-18(11-15(21)22-4-2)17-12(8-10-23-18)16-13(19)6-5-7-14(16)20-17/h5-7,20H,3-4,8-11H2,1-2H3. The van der Waals surface area contributed by atoms with Crippen LogP contribution in [0.25, 0.3) is 10.9 Å². The number of hydrogen-bond acceptors (Lipinski definition) is 3. The van der Waals surface area contributed by atoms with Gasteiger partial charge in [0.25, 0.3) is 0 Å². The normalized spacial score (nSPS) is 20.5. The molecule has 0 saturated carbocycles. The number of H-pyrrole nitrogens is 1. The number of fused-ring (bicyclic) bond motifs is 3. The smallest absolute Gasteiger partial charge is 0.309 e. The van der Waals surface area contributed by atoms with Crippen molar-refractivity contribution in [1.29, 1.82) is 0 Å². The van der Waals surface area contributed by atoms with Crippen molar-refractivity contribution in [3.05, 3.63) is 33.9 Å². The van der Waals surface area contributed by atoms with Crippen molar-refractivity contribution < 1.29 is 14.3 Å². The summed E-state index contributed by atoms with van der Waals surface area (Å²) in [5, 5.41) is 1.20. The average Bonchev–Trinajstić information content (AvgIpc) is 2.89. The van der Waals surface area contributed by atoms with Crippen LogP contribution in [-0.4, -0.2) is 24.2 Å². The van der Waals surface area contributed by atoms with E-state index in [1.807, 2.05) is 13.0 Å². The zero-order valence-electron chi connectivity index (χ0n) is 13.6. The molecule has 0 spiro atoms. The summed E-state index contributed by atoms with van der Waals surface area (Å²) < 4.78 is 12.4. The lowest BCUT2D eigenvalue weighted by Crippen LogP contribution is -2.38. The molecule has 1 aromatic heterocycles. The molecule has 1 unspecified atom stereocenters. The zero-order chi connectivity index (χ0) is 16.4. The summed E-state index contributed by atoms with van der Waals surface area (Å²) in [6.45, 7) is 4.97. The van der Waals surface area contributed by atoms with Gasteiger partial charge in [0.15, 0.2) is 0 Å². The Hall–Kier alpha value is -1.33. The molecule has 124 valence electrons. The summed E-state index contributed by atoms with van der Waals surface area (Å²) in [7, 11) is 0. The van der Waals surface area contributed by atoms with Crippen molar-refractivity contribution >= 4 is 32.8 Å². The Morgan fingerprint density at radius 1 is 1.43 bits per heavy atom. The van der Waals surface area contributed by atoms with Crippen LogP contribution < -0.4 is 0 Å². The van der Waals surface area contributed by atoms with Crippen LogP contribution in [0.3, 0.4) is 0 Å². The summed E-state index contributed by atoms with van der Waals surface area (Å²) in [5.74, 6) is -0.202. The molecule has 23 heavy (non-hydrogen) atoms. The first kappa shape index (κ1) is 16.5. The van der Waals surface area contributed by atoms with Crippen LogP contribution in [0.15, 0.2) is 22.7 Å². The molecule has 5 heteroatoms. The average molecular weight is 380 g/mol. The van der Waals surface area contributed by atoms with E-state index >= 15 is 0 Å². The van der Waals surface area contributed by atoms with E-state index in [0.29, 0.717) is 13.2 Å². The molecule has 4 nitrogen and oxygen atoms in total. The van der Waals surface area contributed by atoms with Gasteiger partial charge in [0.1, 0.15) is 5.60 Å². The van der Waals surface area contributed by atoms with Crippen LogP contribution in [0.1, 0.15) is 44.4 Å². The Balaban J connectivity index is 2.12. The number of rotatable bonds is 5. The van der Waals surface area contributed by atoms with Crippen molar-refractivity contribution in [3.63, 3.8) is 0 Å². The first-order valence-corrected chi connectivity index (χ1v) is 8.99. The maximum atomic E-state index is 12.2. The lowest BCUT2D eigenvalue weighted by molar-refractivity contribution is -0.155. The van der Waals surface area contributed by atoms with E-state index in [4.69, 9.17) is 9.47 Å². The number of esters is 1. The summed E-state index contributed by atoms with van der Waals surface area (Å²) in [5.41, 5.74) is 2.78. The number of benzene rings is 1. The largest absolute Gasteiger partial charge is 0.466 e. The quantitative estimate of drug-likeness (QED) is 0.780. The highest BCUT2D eigenvalue weighted by atomic mass is 79.9. The number of ether oxygens (including phenoxy) is 2. The third kappa shape index (κ3) is 2.92. The van der Waals surface area contributed by atoms with E-state index in [1.165, 1.54) is 10.9 Å². The van der Waals surface area contributed by atoms with E-state index in [0.717, 1.165) is 34.9 Å². The first-order valence-electron chi connectivity index (χ1n) is 8.20. The predicted molar refractivity (Wildman–Crippen MR) is 93.5 cm³/mol. The molecule has 0 radical (unpaired) electrons. The Morgan fingerprint density at radius 3 is 3.00 bits per heavy atom. The highest BCUT2D eigenvalue weighted by molar-refractivity contribution is 9.10. The summed E-state index contributed by atoms with van der Waals surface area (Å²) in [6, 6.07) is 6.14. The lowest BCUT2D eigenvalue weighted by atomic mass is 9.85. The van der Waals surface area contributed by atoms with Crippen molar-refractivity contribution in [3.8, 4) is 0 Å². The zero-order valence-corrected chi connectivity index (χ0v) is 15.2. The van der Waals surface area contributed by atoms with E-state index in [2.05, 4.69) is 40.0 Å². The molecule has 0 aliphatic carbocycles. The monoisotopic (exact) mass is 379 g/mol. The van der Waals surface area contributed by atoms with Gasteiger partial charge in [-0.25, -0.2) is 0 Å². The highest BCUT2D eigenvalue weighted by Gasteiger charge is 2.42. The molecule has 2 heterocycles. The van der Waals surface area contributed by atoms with Gasteiger partial charge in [-0.3, -0.25) is 4.79 Å². The third-order valence-electron chi connectivity index (χ3n) is 4.45. The van der Waals surface area contributed by atoms with Gasteiger partial charge in [0.05, 0.1) is 25.3 Å². The minimum absolute atomic E-state index is 0.202. The molecule has 0 bridgehead atoms. The maximum absolute atomic E-state index is 12.2. The predicted octanol–water partition coefficient (Wildman–Crippen LogP) is 4.45. The number of carbonyl (C=O) groups excluding carboxylic acids is 1. The van der Waals surface area contributed by atoms with Crippen molar-refractivity contribution in [2.24, 2.45) is 0 Å². The van der Waals surface area contributed by atoms with Crippen LogP contribution in [-0.2, 0) is 26.3 Å². The Kier molecular flexibility index (Phi) is 4.78. The molecular formula is C18H22BrNO3. The SMILES string of the molecule is CCCC1(CC(=O)OCC)OCCc2c1[nH]c1cccc(Br)c21. The second-order valence-electron chi connectivity index (χ2n) is 5.97. The number of hydrogen-bond donors (Lipinski definition) is 1. The van der Waals surface area contributed by atoms with E-state index in [9.17, 15) is 4.79 Å². The Bertz CT molecular complexity index is 724. The van der Waals surface area contributed by atoms with Crippen molar-refractivity contribution in [2.75, 3.05) is 13.2 Å². The van der Waals surface area contributed by atoms with Gasteiger partial charge in [0, 0.05) is 15.4 Å². The summed E-state index contributed by atoms with van der Waals surface area (Å²) in [4.78, 5) is 15.7. The van der Waals surface area contributed by atoms with Crippen LogP contribution in [0.4, 0.5) is 0 Å².